The van der Waals surface area contributed by atoms with Gasteiger partial charge in [-0.25, -0.2) is 0 Å². The van der Waals surface area contributed by atoms with Gasteiger partial charge < -0.3 is 15.5 Å². The Morgan fingerprint density at radius 2 is 1.18 bits per heavy atom. The summed E-state index contributed by atoms with van der Waals surface area (Å²) in [6, 6.07) is 31.8. The molecule has 0 bridgehead atoms. The van der Waals surface area contributed by atoms with E-state index in [0.29, 0.717) is 0 Å². The molecule has 0 saturated carbocycles. The lowest BCUT2D eigenvalue weighted by Crippen LogP contribution is -2.12. The number of nitrogens with two attached hydrogens (primary N) is 1. The standard InChI is InChI=1S/C14H12N2O2.C14H14N2/c17-16(18)13-6-7-14-11(10-13)8-9-15(14)12-4-2-1-3-5-12;15-12-6-7-14-11(10-12)8-9-16(14)13-4-2-1-3-5-13/h1-7,10H,8-9H2;1-7,10H,8-9,15H2. The fraction of sp³-hybridized carbons (Fsp3) is 0.143. The number of non-ortho nitro benzene ring substituents is 1. The molecule has 6 nitrogen and oxygen atoms in total. The average Bonchev–Trinajstić information content (AvgIpc) is 3.49. The van der Waals surface area contributed by atoms with E-state index in [1.165, 1.54) is 16.9 Å². The summed E-state index contributed by atoms with van der Waals surface area (Å²) in [6.07, 6.45) is 1.93. The van der Waals surface area contributed by atoms with Crippen LogP contribution in [0, 0.1) is 10.1 Å². The van der Waals surface area contributed by atoms with Crippen molar-refractivity contribution < 1.29 is 4.92 Å². The van der Waals surface area contributed by atoms with Crippen LogP contribution in [-0.4, -0.2) is 18.0 Å². The lowest BCUT2D eigenvalue weighted by molar-refractivity contribution is -0.384. The fourth-order valence-electron chi connectivity index (χ4n) is 4.68. The summed E-state index contributed by atoms with van der Waals surface area (Å²) in [5.41, 5.74) is 14.0. The number of hydrogen-bond acceptors (Lipinski definition) is 5. The van der Waals surface area contributed by atoms with Gasteiger partial charge in [0.1, 0.15) is 0 Å². The molecule has 34 heavy (non-hydrogen) atoms. The zero-order chi connectivity index (χ0) is 23.5. The quantitative estimate of drug-likeness (QED) is 0.227. The van der Waals surface area contributed by atoms with Crippen LogP contribution in [0.25, 0.3) is 0 Å². The molecule has 2 aliphatic heterocycles. The number of benzene rings is 4. The fourth-order valence-corrected chi connectivity index (χ4v) is 4.68. The number of para-hydroxylation sites is 2. The van der Waals surface area contributed by atoms with E-state index in [1.54, 1.807) is 12.1 Å². The number of nitro groups is 1. The largest absolute Gasteiger partial charge is 0.399 e. The first kappa shape index (κ1) is 21.5. The van der Waals surface area contributed by atoms with Crippen LogP contribution in [0.15, 0.2) is 97.1 Å². The van der Waals surface area contributed by atoms with Crippen LogP contribution in [-0.2, 0) is 12.8 Å². The third kappa shape index (κ3) is 4.30. The van der Waals surface area contributed by atoms with Crippen molar-refractivity contribution in [3.63, 3.8) is 0 Å². The van der Waals surface area contributed by atoms with E-state index in [1.807, 2.05) is 36.4 Å². The molecule has 4 aromatic rings. The summed E-state index contributed by atoms with van der Waals surface area (Å²) in [5.74, 6) is 0. The minimum atomic E-state index is -0.342. The maximum atomic E-state index is 10.7. The highest BCUT2D eigenvalue weighted by atomic mass is 16.6. The van der Waals surface area contributed by atoms with Crippen molar-refractivity contribution >= 4 is 34.1 Å². The first-order chi connectivity index (χ1) is 16.6. The molecule has 0 radical (unpaired) electrons. The predicted molar refractivity (Wildman–Crippen MR) is 138 cm³/mol. The molecule has 170 valence electrons. The molecule has 0 aliphatic carbocycles. The zero-order valence-electron chi connectivity index (χ0n) is 18.8. The smallest absolute Gasteiger partial charge is 0.269 e. The Labute approximate surface area is 199 Å². The average molecular weight is 451 g/mol. The number of rotatable bonds is 3. The minimum Gasteiger partial charge on any atom is -0.399 e. The van der Waals surface area contributed by atoms with Crippen molar-refractivity contribution in [2.75, 3.05) is 28.6 Å². The van der Waals surface area contributed by atoms with Gasteiger partial charge in [0.05, 0.1) is 4.92 Å². The third-order valence-electron chi connectivity index (χ3n) is 6.30. The summed E-state index contributed by atoms with van der Waals surface area (Å²) in [5, 5.41) is 10.7. The molecule has 0 atom stereocenters. The van der Waals surface area contributed by atoms with Gasteiger partial charge in [-0.15, -0.1) is 0 Å². The third-order valence-corrected chi connectivity index (χ3v) is 6.30. The molecule has 6 rings (SSSR count). The summed E-state index contributed by atoms with van der Waals surface area (Å²) < 4.78 is 0. The van der Waals surface area contributed by atoms with Gasteiger partial charge in [0.2, 0.25) is 0 Å². The Morgan fingerprint density at radius 3 is 1.71 bits per heavy atom. The second-order valence-electron chi connectivity index (χ2n) is 8.43. The minimum absolute atomic E-state index is 0.170. The molecule has 4 aromatic carbocycles. The summed E-state index contributed by atoms with van der Waals surface area (Å²) in [7, 11) is 0. The number of fused-ring (bicyclic) bond motifs is 2. The molecule has 0 saturated heterocycles. The van der Waals surface area contributed by atoms with Crippen LogP contribution in [0.4, 0.5) is 34.1 Å². The van der Waals surface area contributed by atoms with Crippen molar-refractivity contribution in [1.29, 1.82) is 0 Å². The maximum absolute atomic E-state index is 10.7. The van der Waals surface area contributed by atoms with Crippen LogP contribution in [0.2, 0.25) is 0 Å². The first-order valence-electron chi connectivity index (χ1n) is 11.4. The highest BCUT2D eigenvalue weighted by molar-refractivity contribution is 5.72. The van der Waals surface area contributed by atoms with Gasteiger partial charge in [-0.1, -0.05) is 36.4 Å². The van der Waals surface area contributed by atoms with Gasteiger partial charge in [0.15, 0.2) is 0 Å². The Morgan fingerprint density at radius 1 is 0.676 bits per heavy atom. The van der Waals surface area contributed by atoms with Crippen LogP contribution in [0.5, 0.6) is 0 Å². The molecule has 0 unspecified atom stereocenters. The van der Waals surface area contributed by atoms with E-state index < -0.39 is 0 Å². The lowest BCUT2D eigenvalue weighted by Gasteiger charge is -2.19. The molecule has 0 amide bonds. The number of hydrogen-bond donors (Lipinski definition) is 1. The van der Waals surface area contributed by atoms with Crippen molar-refractivity contribution in [3.8, 4) is 0 Å². The summed E-state index contributed by atoms with van der Waals surface area (Å²) in [4.78, 5) is 14.9. The topological polar surface area (TPSA) is 75.6 Å². The van der Waals surface area contributed by atoms with Crippen LogP contribution >= 0.6 is 0 Å². The SMILES string of the molecule is Nc1ccc2c(c1)CCN2c1ccccc1.O=[N+]([O-])c1ccc2c(c1)CCN2c1ccccc1. The Kier molecular flexibility index (Phi) is 5.87. The first-order valence-corrected chi connectivity index (χ1v) is 11.4. The Balaban J connectivity index is 0.000000142. The normalized spacial score (nSPS) is 13.6. The van der Waals surface area contributed by atoms with Gasteiger partial charge in [0.25, 0.3) is 5.69 Å². The highest BCUT2D eigenvalue weighted by Crippen LogP contribution is 2.36. The van der Waals surface area contributed by atoms with E-state index >= 15 is 0 Å². The Hall–Kier alpha value is -4.32. The molecular formula is C28H26N4O2. The molecule has 2 heterocycles. The van der Waals surface area contributed by atoms with Crippen LogP contribution in [0.3, 0.4) is 0 Å². The highest BCUT2D eigenvalue weighted by Gasteiger charge is 2.22. The van der Waals surface area contributed by atoms with E-state index in [4.69, 9.17) is 5.73 Å². The van der Waals surface area contributed by atoms with E-state index in [2.05, 4.69) is 58.3 Å². The number of nitro benzene ring substituents is 1. The number of anilines is 5. The van der Waals surface area contributed by atoms with Crippen molar-refractivity contribution in [3.05, 3.63) is 118 Å². The van der Waals surface area contributed by atoms with Crippen LogP contribution in [0.1, 0.15) is 11.1 Å². The predicted octanol–water partition coefficient (Wildman–Crippen LogP) is 6.25. The number of nitrogens with zero attached hydrogens (tertiary/aromatic N) is 3. The van der Waals surface area contributed by atoms with E-state index in [9.17, 15) is 10.1 Å². The number of nitrogen functional groups attached to an aromatic ring is 1. The molecule has 2 N–H and O–H groups in total. The molecule has 0 aromatic heterocycles. The second kappa shape index (κ2) is 9.27. The molecular weight excluding hydrogens is 424 g/mol. The van der Waals surface area contributed by atoms with Gasteiger partial charge in [-0.2, -0.15) is 0 Å². The van der Waals surface area contributed by atoms with Gasteiger partial charge >= 0.3 is 0 Å². The monoisotopic (exact) mass is 450 g/mol. The maximum Gasteiger partial charge on any atom is 0.269 e. The van der Waals surface area contributed by atoms with E-state index in [-0.39, 0.29) is 10.6 Å². The van der Waals surface area contributed by atoms with Gasteiger partial charge in [0, 0.05) is 53.7 Å². The van der Waals surface area contributed by atoms with Crippen molar-refractivity contribution in [2.45, 2.75) is 12.8 Å². The second-order valence-corrected chi connectivity index (χ2v) is 8.43. The summed E-state index contributed by atoms with van der Waals surface area (Å²) >= 11 is 0. The molecule has 0 fully saturated rings. The van der Waals surface area contributed by atoms with Gasteiger partial charge in [-0.3, -0.25) is 10.1 Å². The molecule has 0 spiro atoms. The Bertz CT molecular complexity index is 1310. The van der Waals surface area contributed by atoms with Crippen molar-refractivity contribution in [2.24, 2.45) is 0 Å². The van der Waals surface area contributed by atoms with Crippen molar-refractivity contribution in [1.82, 2.24) is 0 Å². The molecule has 6 heteroatoms. The van der Waals surface area contributed by atoms with Crippen LogP contribution < -0.4 is 15.5 Å². The van der Waals surface area contributed by atoms with E-state index in [0.717, 1.165) is 48.6 Å². The molecule has 2 aliphatic rings. The lowest BCUT2D eigenvalue weighted by atomic mass is 10.1. The van der Waals surface area contributed by atoms with Gasteiger partial charge in [-0.05, 0) is 72.5 Å². The zero-order valence-corrected chi connectivity index (χ0v) is 18.8. The summed E-state index contributed by atoms with van der Waals surface area (Å²) in [6.45, 7) is 1.92.